The van der Waals surface area contributed by atoms with Gasteiger partial charge < -0.3 is 10.1 Å². The van der Waals surface area contributed by atoms with Crippen LogP contribution in [0.3, 0.4) is 0 Å². The molecule has 0 saturated heterocycles. The van der Waals surface area contributed by atoms with Crippen LogP contribution >= 0.6 is 11.3 Å². The van der Waals surface area contributed by atoms with Gasteiger partial charge in [0.25, 0.3) is 0 Å². The van der Waals surface area contributed by atoms with E-state index in [1.165, 1.54) is 23.5 Å². The van der Waals surface area contributed by atoms with Crippen LogP contribution in [0.15, 0.2) is 48.8 Å². The molecule has 7 heteroatoms. The number of hydrogen-bond donors (Lipinski definition) is 1. The molecule has 2 heterocycles. The van der Waals surface area contributed by atoms with Crippen LogP contribution in [0.1, 0.15) is 10.6 Å². The van der Waals surface area contributed by atoms with E-state index in [9.17, 15) is 4.39 Å². The lowest BCUT2D eigenvalue weighted by Gasteiger charge is -2.05. The van der Waals surface area contributed by atoms with E-state index in [1.807, 2.05) is 12.1 Å². The first-order valence-electron chi connectivity index (χ1n) is 7.13. The minimum Gasteiger partial charge on any atom is -0.490 e. The van der Waals surface area contributed by atoms with Gasteiger partial charge in [-0.1, -0.05) is 23.5 Å². The first-order valence-corrected chi connectivity index (χ1v) is 7.95. The van der Waals surface area contributed by atoms with Crippen molar-refractivity contribution < 1.29 is 9.13 Å². The molecule has 0 saturated carbocycles. The highest BCUT2D eigenvalue weighted by molar-refractivity contribution is 7.15. The number of ether oxygens (including phenoxy) is 1. The third-order valence-corrected chi connectivity index (χ3v) is 3.90. The van der Waals surface area contributed by atoms with Crippen molar-refractivity contribution in [1.29, 1.82) is 0 Å². The van der Waals surface area contributed by atoms with Crippen LogP contribution in [0.4, 0.5) is 9.52 Å². The van der Waals surface area contributed by atoms with Crippen LogP contribution < -0.4 is 10.1 Å². The van der Waals surface area contributed by atoms with Crippen molar-refractivity contribution in [3.63, 3.8) is 0 Å². The van der Waals surface area contributed by atoms with Gasteiger partial charge in [-0.2, -0.15) is 0 Å². The van der Waals surface area contributed by atoms with E-state index in [0.29, 0.717) is 19.6 Å². The van der Waals surface area contributed by atoms with Gasteiger partial charge in [0.2, 0.25) is 5.13 Å². The smallest absolute Gasteiger partial charge is 0.205 e. The molecule has 1 aromatic carbocycles. The van der Waals surface area contributed by atoms with Crippen molar-refractivity contribution in [3.05, 3.63) is 65.2 Å². The van der Waals surface area contributed by atoms with E-state index < -0.39 is 0 Å². The summed E-state index contributed by atoms with van der Waals surface area (Å²) in [4.78, 5) is 3.98. The van der Waals surface area contributed by atoms with Gasteiger partial charge in [0.05, 0.1) is 12.7 Å². The Morgan fingerprint density at radius 3 is 2.78 bits per heavy atom. The van der Waals surface area contributed by atoms with E-state index in [0.717, 1.165) is 21.5 Å². The standard InChI is InChI=1S/C16H15FN4OS/c17-13-5-3-12(4-6-13)10-15-20-21-16(23-15)19-8-9-22-14-2-1-7-18-11-14/h1-7,11H,8-10H2,(H,19,21). The van der Waals surface area contributed by atoms with Crippen LogP contribution in [-0.4, -0.2) is 28.3 Å². The number of rotatable bonds is 7. The maximum Gasteiger partial charge on any atom is 0.205 e. The van der Waals surface area contributed by atoms with Gasteiger partial charge >= 0.3 is 0 Å². The third-order valence-electron chi connectivity index (χ3n) is 3.02. The molecule has 0 aliphatic rings. The molecule has 0 radical (unpaired) electrons. The Hall–Kier alpha value is -2.54. The Balaban J connectivity index is 1.45. The zero-order valence-electron chi connectivity index (χ0n) is 12.3. The van der Waals surface area contributed by atoms with Crippen molar-refractivity contribution >= 4 is 16.5 Å². The number of halogens is 1. The summed E-state index contributed by atoms with van der Waals surface area (Å²) in [6.07, 6.45) is 4.02. The number of benzene rings is 1. The average molecular weight is 330 g/mol. The Morgan fingerprint density at radius 1 is 1.13 bits per heavy atom. The first-order chi connectivity index (χ1) is 11.3. The molecule has 0 atom stereocenters. The number of pyridine rings is 1. The summed E-state index contributed by atoms with van der Waals surface area (Å²) < 4.78 is 18.4. The van der Waals surface area contributed by atoms with Crippen LogP contribution in [0.5, 0.6) is 5.75 Å². The number of nitrogens with one attached hydrogen (secondary N) is 1. The SMILES string of the molecule is Fc1ccc(Cc2nnc(NCCOc3cccnc3)s2)cc1. The summed E-state index contributed by atoms with van der Waals surface area (Å²) >= 11 is 1.48. The van der Waals surface area contributed by atoms with Crippen molar-refractivity contribution in [2.45, 2.75) is 6.42 Å². The van der Waals surface area contributed by atoms with E-state index >= 15 is 0 Å². The molecule has 5 nitrogen and oxygen atoms in total. The zero-order valence-corrected chi connectivity index (χ0v) is 13.1. The normalized spacial score (nSPS) is 10.5. The molecule has 0 bridgehead atoms. The Morgan fingerprint density at radius 2 is 2.00 bits per heavy atom. The zero-order chi connectivity index (χ0) is 15.9. The van der Waals surface area contributed by atoms with Crippen LogP contribution in [0, 0.1) is 5.82 Å². The summed E-state index contributed by atoms with van der Waals surface area (Å²) in [5, 5.41) is 13.0. The van der Waals surface area contributed by atoms with Crippen LogP contribution in [-0.2, 0) is 6.42 Å². The van der Waals surface area contributed by atoms with Gasteiger partial charge in [-0.25, -0.2) is 4.39 Å². The Labute approximate surface area is 137 Å². The van der Waals surface area contributed by atoms with Gasteiger partial charge in [0.1, 0.15) is 23.2 Å². The van der Waals surface area contributed by atoms with Gasteiger partial charge in [0, 0.05) is 12.6 Å². The van der Waals surface area contributed by atoms with Crippen LogP contribution in [0.25, 0.3) is 0 Å². The molecule has 0 aliphatic carbocycles. The summed E-state index contributed by atoms with van der Waals surface area (Å²) in [5.74, 6) is 0.505. The number of hydrogen-bond acceptors (Lipinski definition) is 6. The first kappa shape index (κ1) is 15.4. The molecule has 1 N–H and O–H groups in total. The average Bonchev–Trinajstić information content (AvgIpc) is 3.02. The van der Waals surface area contributed by atoms with Gasteiger partial charge in [-0.15, -0.1) is 10.2 Å². The lowest BCUT2D eigenvalue weighted by Crippen LogP contribution is -2.11. The summed E-state index contributed by atoms with van der Waals surface area (Å²) in [6.45, 7) is 1.14. The second kappa shape index (κ2) is 7.64. The van der Waals surface area contributed by atoms with Gasteiger partial charge in [0.15, 0.2) is 0 Å². The minimum absolute atomic E-state index is 0.234. The number of aromatic nitrogens is 3. The van der Waals surface area contributed by atoms with E-state index in [1.54, 1.807) is 24.5 Å². The molecule has 0 amide bonds. The highest BCUT2D eigenvalue weighted by Crippen LogP contribution is 2.18. The number of nitrogens with zero attached hydrogens (tertiary/aromatic N) is 3. The summed E-state index contributed by atoms with van der Waals surface area (Å²) in [6, 6.07) is 10.1. The molecular weight excluding hydrogens is 315 g/mol. The third kappa shape index (κ3) is 4.72. The van der Waals surface area contributed by atoms with E-state index in [4.69, 9.17) is 4.74 Å². The quantitative estimate of drug-likeness (QED) is 0.674. The predicted octanol–water partition coefficient (Wildman–Crippen LogP) is 3.15. The van der Waals surface area contributed by atoms with Gasteiger partial charge in [-0.3, -0.25) is 4.98 Å². The fourth-order valence-electron chi connectivity index (χ4n) is 1.93. The van der Waals surface area contributed by atoms with Gasteiger partial charge in [-0.05, 0) is 29.8 Å². The minimum atomic E-state index is -0.234. The van der Waals surface area contributed by atoms with E-state index in [-0.39, 0.29) is 5.82 Å². The molecule has 118 valence electrons. The Kier molecular flexibility index (Phi) is 5.10. The molecule has 0 aliphatic heterocycles. The van der Waals surface area contributed by atoms with Crippen molar-refractivity contribution in [2.75, 3.05) is 18.5 Å². The van der Waals surface area contributed by atoms with Crippen molar-refractivity contribution in [3.8, 4) is 5.75 Å². The second-order valence-electron chi connectivity index (χ2n) is 4.77. The highest BCUT2D eigenvalue weighted by Gasteiger charge is 2.05. The lowest BCUT2D eigenvalue weighted by atomic mass is 10.2. The molecule has 3 aromatic rings. The second-order valence-corrected chi connectivity index (χ2v) is 5.83. The van der Waals surface area contributed by atoms with Crippen LogP contribution in [0.2, 0.25) is 0 Å². The fraction of sp³-hybridized carbons (Fsp3) is 0.188. The monoisotopic (exact) mass is 330 g/mol. The molecule has 2 aromatic heterocycles. The predicted molar refractivity (Wildman–Crippen MR) is 87.3 cm³/mol. The van der Waals surface area contributed by atoms with Crippen molar-refractivity contribution in [1.82, 2.24) is 15.2 Å². The maximum absolute atomic E-state index is 12.9. The molecule has 3 rings (SSSR count). The molecule has 0 fully saturated rings. The fourth-order valence-corrected chi connectivity index (χ4v) is 2.73. The summed E-state index contributed by atoms with van der Waals surface area (Å²) in [7, 11) is 0. The molecular formula is C16H15FN4OS. The van der Waals surface area contributed by atoms with E-state index in [2.05, 4.69) is 20.5 Å². The maximum atomic E-state index is 12.9. The largest absolute Gasteiger partial charge is 0.490 e. The lowest BCUT2D eigenvalue weighted by molar-refractivity contribution is 0.331. The number of anilines is 1. The topological polar surface area (TPSA) is 59.9 Å². The summed E-state index contributed by atoms with van der Waals surface area (Å²) in [5.41, 5.74) is 1.01. The Bertz CT molecular complexity index is 733. The molecule has 0 spiro atoms. The van der Waals surface area contributed by atoms with Crippen molar-refractivity contribution in [2.24, 2.45) is 0 Å². The molecule has 23 heavy (non-hydrogen) atoms. The molecule has 0 unspecified atom stereocenters. The highest BCUT2D eigenvalue weighted by atomic mass is 32.1.